The van der Waals surface area contributed by atoms with Gasteiger partial charge < -0.3 is 14.4 Å². The molecule has 0 bridgehead atoms. The van der Waals surface area contributed by atoms with Crippen molar-refractivity contribution in [2.75, 3.05) is 12.0 Å². The highest BCUT2D eigenvalue weighted by atomic mass is 16.5. The van der Waals surface area contributed by atoms with Crippen LogP contribution in [0.15, 0.2) is 132 Å². The Bertz CT molecular complexity index is 1540. The number of rotatable bonds is 10. The molecule has 1 aliphatic heterocycles. The first kappa shape index (κ1) is 26.6. The van der Waals surface area contributed by atoms with Crippen LogP contribution in [0.4, 0.5) is 11.4 Å². The third-order valence-electron chi connectivity index (χ3n) is 6.80. The molecule has 5 rings (SSSR count). The fraction of sp³-hybridized carbons (Fsp3) is 0.152. The second-order valence-corrected chi connectivity index (χ2v) is 9.49. The van der Waals surface area contributed by atoms with Crippen LogP contribution in [0.25, 0.3) is 0 Å². The zero-order valence-electron chi connectivity index (χ0n) is 22.2. The Balaban J connectivity index is 1.49. The summed E-state index contributed by atoms with van der Waals surface area (Å²) < 4.78 is 10.8. The van der Waals surface area contributed by atoms with Gasteiger partial charge in [0.15, 0.2) is 5.54 Å². The van der Waals surface area contributed by atoms with Crippen LogP contribution in [0.2, 0.25) is 0 Å². The summed E-state index contributed by atoms with van der Waals surface area (Å²) in [5.41, 5.74) is 2.39. The van der Waals surface area contributed by atoms with E-state index in [1.54, 1.807) is 36.3 Å². The van der Waals surface area contributed by atoms with E-state index in [4.69, 9.17) is 9.47 Å². The Kier molecular flexibility index (Phi) is 7.82. The largest absolute Gasteiger partial charge is 0.497 e. The molecule has 40 heavy (non-hydrogen) atoms. The van der Waals surface area contributed by atoms with Crippen molar-refractivity contribution in [2.24, 2.45) is 10.2 Å². The number of fused-ring (bicyclic) bond motifs is 1. The van der Waals surface area contributed by atoms with Gasteiger partial charge in [0, 0.05) is 17.6 Å². The van der Waals surface area contributed by atoms with Gasteiger partial charge in [-0.25, -0.2) is 4.79 Å². The predicted octanol–water partition coefficient (Wildman–Crippen LogP) is 6.91. The average molecular weight is 532 g/mol. The standard InChI is InChI=1S/C33H29N3O4/c1-24(31(37)40-23-26-13-7-4-8-14-26)21-33(35-34-27-17-19-28(39-2)20-18-27)29-15-9-10-16-30(29)36(32(33)38)22-25-11-5-3-6-12-25/h3-20H,1,21-23H2,2H3. The second kappa shape index (κ2) is 11.8. The Morgan fingerprint density at radius 2 is 1.48 bits per heavy atom. The van der Waals surface area contributed by atoms with E-state index in [0.717, 1.165) is 16.8 Å². The molecule has 0 aliphatic carbocycles. The van der Waals surface area contributed by atoms with Crippen molar-refractivity contribution in [3.63, 3.8) is 0 Å². The highest BCUT2D eigenvalue weighted by molar-refractivity contribution is 6.08. The van der Waals surface area contributed by atoms with E-state index in [0.29, 0.717) is 23.5 Å². The Morgan fingerprint density at radius 3 is 2.15 bits per heavy atom. The van der Waals surface area contributed by atoms with Crippen LogP contribution < -0.4 is 9.64 Å². The van der Waals surface area contributed by atoms with Crippen LogP contribution >= 0.6 is 0 Å². The number of anilines is 1. The Morgan fingerprint density at radius 1 is 0.850 bits per heavy atom. The molecule has 7 nitrogen and oxygen atoms in total. The smallest absolute Gasteiger partial charge is 0.333 e. The first-order chi connectivity index (χ1) is 19.5. The fourth-order valence-electron chi connectivity index (χ4n) is 4.73. The monoisotopic (exact) mass is 531 g/mol. The first-order valence-corrected chi connectivity index (χ1v) is 12.9. The number of hydrogen-bond acceptors (Lipinski definition) is 6. The summed E-state index contributed by atoms with van der Waals surface area (Å²) in [7, 11) is 1.59. The van der Waals surface area contributed by atoms with Gasteiger partial charge in [-0.2, -0.15) is 10.2 Å². The zero-order chi connectivity index (χ0) is 28.0. The van der Waals surface area contributed by atoms with Gasteiger partial charge in [0.1, 0.15) is 12.4 Å². The van der Waals surface area contributed by atoms with E-state index in [1.807, 2.05) is 84.9 Å². The third-order valence-corrected chi connectivity index (χ3v) is 6.80. The third kappa shape index (κ3) is 5.54. The second-order valence-electron chi connectivity index (χ2n) is 9.49. The molecule has 1 amide bonds. The molecule has 1 atom stereocenters. The molecule has 4 aromatic carbocycles. The molecule has 4 aromatic rings. The average Bonchev–Trinajstić information content (AvgIpc) is 3.23. The summed E-state index contributed by atoms with van der Waals surface area (Å²) in [4.78, 5) is 29.1. The Hall–Kier alpha value is -5.04. The van der Waals surface area contributed by atoms with Gasteiger partial charge in [-0.05, 0) is 41.5 Å². The lowest BCUT2D eigenvalue weighted by Crippen LogP contribution is -2.39. The minimum atomic E-state index is -1.49. The molecule has 0 spiro atoms. The minimum absolute atomic E-state index is 0.0819. The summed E-state index contributed by atoms with van der Waals surface area (Å²) in [6, 6.07) is 33.7. The molecule has 0 radical (unpaired) electrons. The number of carbonyl (C=O) groups is 2. The van der Waals surface area contributed by atoms with Crippen molar-refractivity contribution < 1.29 is 19.1 Å². The predicted molar refractivity (Wildman–Crippen MR) is 153 cm³/mol. The lowest BCUT2D eigenvalue weighted by molar-refractivity contribution is -0.140. The number of ether oxygens (including phenoxy) is 2. The summed E-state index contributed by atoms with van der Waals surface area (Å²) in [5.74, 6) is -0.194. The zero-order valence-corrected chi connectivity index (χ0v) is 22.2. The van der Waals surface area contributed by atoms with Crippen molar-refractivity contribution in [1.29, 1.82) is 0 Å². The van der Waals surface area contributed by atoms with Gasteiger partial charge in [-0.15, -0.1) is 0 Å². The van der Waals surface area contributed by atoms with Crippen LogP contribution in [0.3, 0.4) is 0 Å². The molecule has 0 N–H and O–H groups in total. The van der Waals surface area contributed by atoms with E-state index in [-0.39, 0.29) is 24.5 Å². The number of para-hydroxylation sites is 1. The van der Waals surface area contributed by atoms with Crippen LogP contribution in [-0.2, 0) is 33.0 Å². The van der Waals surface area contributed by atoms with Gasteiger partial charge in [0.2, 0.25) is 0 Å². The number of esters is 1. The van der Waals surface area contributed by atoms with Crippen LogP contribution in [0.1, 0.15) is 23.1 Å². The molecule has 0 fully saturated rings. The molecule has 0 saturated carbocycles. The van der Waals surface area contributed by atoms with E-state index in [9.17, 15) is 9.59 Å². The maximum atomic E-state index is 14.3. The van der Waals surface area contributed by atoms with Crippen molar-refractivity contribution in [3.05, 3.63) is 138 Å². The molecule has 200 valence electrons. The summed E-state index contributed by atoms with van der Waals surface area (Å²) in [5, 5.41) is 9.12. The van der Waals surface area contributed by atoms with Crippen LogP contribution in [0, 0.1) is 0 Å². The van der Waals surface area contributed by atoms with E-state index < -0.39 is 11.5 Å². The lowest BCUT2D eigenvalue weighted by atomic mass is 9.86. The number of hydrogen-bond donors (Lipinski definition) is 0. The number of amides is 1. The fourth-order valence-corrected chi connectivity index (χ4v) is 4.73. The summed E-state index contributed by atoms with van der Waals surface area (Å²) >= 11 is 0. The number of benzene rings is 4. The minimum Gasteiger partial charge on any atom is -0.497 e. The molecular formula is C33H29N3O4. The van der Waals surface area contributed by atoms with Gasteiger partial charge in [0.05, 0.1) is 25.0 Å². The molecule has 7 heteroatoms. The number of carbonyl (C=O) groups excluding carboxylic acids is 2. The van der Waals surface area contributed by atoms with E-state index in [2.05, 4.69) is 16.8 Å². The van der Waals surface area contributed by atoms with Crippen LogP contribution in [0.5, 0.6) is 5.75 Å². The van der Waals surface area contributed by atoms with E-state index in [1.165, 1.54) is 0 Å². The van der Waals surface area contributed by atoms with Crippen molar-refractivity contribution >= 4 is 23.3 Å². The van der Waals surface area contributed by atoms with E-state index >= 15 is 0 Å². The number of nitrogens with zero attached hydrogens (tertiary/aromatic N) is 3. The van der Waals surface area contributed by atoms with Crippen molar-refractivity contribution in [1.82, 2.24) is 0 Å². The molecule has 0 saturated heterocycles. The first-order valence-electron chi connectivity index (χ1n) is 12.9. The molecule has 0 aromatic heterocycles. The van der Waals surface area contributed by atoms with Crippen molar-refractivity contribution in [3.8, 4) is 5.75 Å². The maximum Gasteiger partial charge on any atom is 0.333 e. The van der Waals surface area contributed by atoms with Gasteiger partial charge in [-0.1, -0.05) is 85.4 Å². The highest BCUT2D eigenvalue weighted by Crippen LogP contribution is 2.47. The Labute approximate surface area is 233 Å². The molecule has 1 unspecified atom stereocenters. The molecular weight excluding hydrogens is 502 g/mol. The maximum absolute atomic E-state index is 14.3. The van der Waals surface area contributed by atoms with Gasteiger partial charge in [0.25, 0.3) is 5.91 Å². The normalized spacial score (nSPS) is 16.1. The molecule has 1 aliphatic rings. The highest BCUT2D eigenvalue weighted by Gasteiger charge is 2.52. The topological polar surface area (TPSA) is 80.6 Å². The molecule has 1 heterocycles. The number of methoxy groups -OCH3 is 1. The van der Waals surface area contributed by atoms with Gasteiger partial charge in [-0.3, -0.25) is 4.79 Å². The quantitative estimate of drug-likeness (QED) is 0.126. The summed E-state index contributed by atoms with van der Waals surface area (Å²) in [6.07, 6.45) is -0.0819. The van der Waals surface area contributed by atoms with Crippen molar-refractivity contribution in [2.45, 2.75) is 25.1 Å². The van der Waals surface area contributed by atoms with Crippen LogP contribution in [-0.4, -0.2) is 19.0 Å². The lowest BCUT2D eigenvalue weighted by Gasteiger charge is -2.24. The summed E-state index contributed by atoms with van der Waals surface area (Å²) in [6.45, 7) is 4.46. The number of azo groups is 1. The van der Waals surface area contributed by atoms with Gasteiger partial charge >= 0.3 is 5.97 Å². The SMILES string of the molecule is C=C(CC1(N=Nc2ccc(OC)cc2)C(=O)N(Cc2ccccc2)c2ccccc21)C(=O)OCc1ccccc1.